The molecule has 1 atom stereocenters. The van der Waals surface area contributed by atoms with Gasteiger partial charge in [0.15, 0.2) is 0 Å². The van der Waals surface area contributed by atoms with Crippen molar-refractivity contribution >= 4 is 28.1 Å². The Morgan fingerprint density at radius 2 is 2.05 bits per heavy atom. The van der Waals surface area contributed by atoms with Crippen LogP contribution in [-0.2, 0) is 16.6 Å². The molecule has 1 aromatic carbocycles. The monoisotopic (exact) mass is 325 g/mol. The summed E-state index contributed by atoms with van der Waals surface area (Å²) in [6, 6.07) is 7.34. The molecule has 0 radical (unpaired) electrons. The van der Waals surface area contributed by atoms with Crippen LogP contribution >= 0.6 is 11.6 Å². The van der Waals surface area contributed by atoms with Gasteiger partial charge in [0.25, 0.3) is 0 Å². The lowest BCUT2D eigenvalue weighted by Crippen LogP contribution is -2.08. The zero-order valence-electron chi connectivity index (χ0n) is 12.3. The molecule has 0 bridgehead atoms. The predicted molar refractivity (Wildman–Crippen MR) is 87.8 cm³/mol. The first-order chi connectivity index (χ1) is 10.0. The second-order valence-electron chi connectivity index (χ2n) is 4.93. The molecule has 0 saturated heterocycles. The van der Waals surface area contributed by atoms with Gasteiger partial charge < -0.3 is 5.73 Å². The zero-order valence-corrected chi connectivity index (χ0v) is 13.8. The van der Waals surface area contributed by atoms with Crippen LogP contribution in [0, 0.1) is 0 Å². The standard InChI is InChI=1S/C15H20ClN3OS/c1-3-13(4-2)19-8-7-12(18-19)10-21(20)15-9-11(16)5-6-14(15)17/h5-9,13H,3-4,10,17H2,1-2H3. The lowest BCUT2D eigenvalue weighted by Gasteiger charge is -2.12. The highest BCUT2D eigenvalue weighted by Crippen LogP contribution is 2.23. The lowest BCUT2D eigenvalue weighted by atomic mass is 10.2. The minimum atomic E-state index is -1.25. The minimum Gasteiger partial charge on any atom is -0.398 e. The molecule has 0 fully saturated rings. The first-order valence-corrected chi connectivity index (χ1v) is 8.72. The van der Waals surface area contributed by atoms with E-state index >= 15 is 0 Å². The van der Waals surface area contributed by atoms with Crippen LogP contribution in [0.3, 0.4) is 0 Å². The van der Waals surface area contributed by atoms with Crippen LogP contribution in [0.2, 0.25) is 5.02 Å². The number of rotatable bonds is 6. The fourth-order valence-electron chi connectivity index (χ4n) is 2.24. The average Bonchev–Trinajstić information content (AvgIpc) is 2.91. The highest BCUT2D eigenvalue weighted by Gasteiger charge is 2.13. The summed E-state index contributed by atoms with van der Waals surface area (Å²) in [7, 11) is -1.25. The molecule has 0 amide bonds. The van der Waals surface area contributed by atoms with Gasteiger partial charge in [0.2, 0.25) is 0 Å². The van der Waals surface area contributed by atoms with Gasteiger partial charge in [-0.25, -0.2) is 0 Å². The Labute approximate surface area is 132 Å². The van der Waals surface area contributed by atoms with Crippen LogP contribution in [0.5, 0.6) is 0 Å². The molecule has 2 N–H and O–H groups in total. The van der Waals surface area contributed by atoms with Crippen molar-refractivity contribution in [3.8, 4) is 0 Å². The van der Waals surface area contributed by atoms with Crippen molar-refractivity contribution in [3.63, 3.8) is 0 Å². The molecule has 2 aromatic rings. The molecule has 2 rings (SSSR count). The van der Waals surface area contributed by atoms with Crippen LogP contribution in [0.25, 0.3) is 0 Å². The van der Waals surface area contributed by atoms with Gasteiger partial charge in [-0.05, 0) is 37.1 Å². The average molecular weight is 326 g/mol. The molecule has 0 aliphatic heterocycles. The van der Waals surface area contributed by atoms with Crippen molar-refractivity contribution in [2.45, 2.75) is 43.4 Å². The van der Waals surface area contributed by atoms with Crippen LogP contribution in [0.4, 0.5) is 5.69 Å². The zero-order chi connectivity index (χ0) is 15.4. The molecule has 1 unspecified atom stereocenters. The van der Waals surface area contributed by atoms with Crippen molar-refractivity contribution in [3.05, 3.63) is 41.2 Å². The number of nitrogen functional groups attached to an aromatic ring is 1. The normalized spacial score (nSPS) is 12.8. The Bertz CT molecular complexity index is 638. The van der Waals surface area contributed by atoms with Gasteiger partial charge in [0, 0.05) is 16.9 Å². The van der Waals surface area contributed by atoms with Gasteiger partial charge >= 0.3 is 0 Å². The molecule has 1 heterocycles. The number of nitrogens with zero attached hydrogens (tertiary/aromatic N) is 2. The SMILES string of the molecule is CCC(CC)n1ccc(CS(=O)c2cc(Cl)ccc2N)n1. The third-order valence-corrected chi connectivity index (χ3v) is 5.12. The number of anilines is 1. The molecule has 0 spiro atoms. The number of nitrogens with two attached hydrogens (primary N) is 1. The summed E-state index contributed by atoms with van der Waals surface area (Å²) in [5.41, 5.74) is 7.17. The van der Waals surface area contributed by atoms with Crippen molar-refractivity contribution in [2.75, 3.05) is 5.73 Å². The van der Waals surface area contributed by atoms with Crippen LogP contribution in [0.1, 0.15) is 38.4 Å². The smallest absolute Gasteiger partial charge is 0.0753 e. The van der Waals surface area contributed by atoms with Gasteiger partial charge in [-0.3, -0.25) is 8.89 Å². The van der Waals surface area contributed by atoms with Crippen molar-refractivity contribution in [1.82, 2.24) is 9.78 Å². The van der Waals surface area contributed by atoms with E-state index in [2.05, 4.69) is 18.9 Å². The van der Waals surface area contributed by atoms with E-state index in [0.717, 1.165) is 18.5 Å². The quantitative estimate of drug-likeness (QED) is 0.822. The Morgan fingerprint density at radius 3 is 2.71 bits per heavy atom. The van der Waals surface area contributed by atoms with E-state index in [1.807, 2.05) is 16.9 Å². The first kappa shape index (κ1) is 16.0. The fourth-order valence-corrected chi connectivity index (χ4v) is 3.64. The van der Waals surface area contributed by atoms with Crippen LogP contribution in [-0.4, -0.2) is 14.0 Å². The second-order valence-corrected chi connectivity index (χ2v) is 6.79. The van der Waals surface area contributed by atoms with Gasteiger partial charge in [0.05, 0.1) is 33.2 Å². The minimum absolute atomic E-state index is 0.345. The second kappa shape index (κ2) is 7.09. The van der Waals surface area contributed by atoms with Gasteiger partial charge in [-0.1, -0.05) is 25.4 Å². The summed E-state index contributed by atoms with van der Waals surface area (Å²) < 4.78 is 14.4. The first-order valence-electron chi connectivity index (χ1n) is 7.02. The third kappa shape index (κ3) is 3.86. The molecule has 114 valence electrons. The predicted octanol–water partition coefficient (Wildman–Crippen LogP) is 3.79. The largest absolute Gasteiger partial charge is 0.398 e. The Morgan fingerprint density at radius 1 is 1.33 bits per heavy atom. The topological polar surface area (TPSA) is 60.9 Å². The number of aromatic nitrogens is 2. The molecule has 0 aliphatic carbocycles. The lowest BCUT2D eigenvalue weighted by molar-refractivity contribution is 0.426. The van der Waals surface area contributed by atoms with Crippen molar-refractivity contribution < 1.29 is 4.21 Å². The summed E-state index contributed by atoms with van der Waals surface area (Å²) >= 11 is 5.94. The summed E-state index contributed by atoms with van der Waals surface area (Å²) in [6.45, 7) is 4.28. The summed E-state index contributed by atoms with van der Waals surface area (Å²) in [5, 5.41) is 5.06. The van der Waals surface area contributed by atoms with E-state index in [1.54, 1.807) is 18.2 Å². The molecule has 0 aliphatic rings. The molecule has 21 heavy (non-hydrogen) atoms. The maximum atomic E-state index is 12.4. The van der Waals surface area contributed by atoms with Crippen molar-refractivity contribution in [1.29, 1.82) is 0 Å². The van der Waals surface area contributed by atoms with E-state index < -0.39 is 10.8 Å². The molecule has 6 heteroatoms. The summed E-state index contributed by atoms with van der Waals surface area (Å²) in [5.74, 6) is 0.345. The Kier molecular flexibility index (Phi) is 5.42. The number of halogens is 1. The Hall–Kier alpha value is -1.33. The van der Waals surface area contributed by atoms with E-state index in [4.69, 9.17) is 17.3 Å². The van der Waals surface area contributed by atoms with Gasteiger partial charge in [0.1, 0.15) is 0 Å². The van der Waals surface area contributed by atoms with E-state index in [1.165, 1.54) is 0 Å². The third-order valence-electron chi connectivity index (χ3n) is 3.48. The van der Waals surface area contributed by atoms with Crippen molar-refractivity contribution in [2.24, 2.45) is 0 Å². The molecule has 0 saturated carbocycles. The fraction of sp³-hybridized carbons (Fsp3) is 0.400. The van der Waals surface area contributed by atoms with Crippen LogP contribution < -0.4 is 5.73 Å². The van der Waals surface area contributed by atoms with Crippen LogP contribution in [0.15, 0.2) is 35.4 Å². The molecular formula is C15H20ClN3OS. The molecular weight excluding hydrogens is 306 g/mol. The number of hydrogen-bond donors (Lipinski definition) is 1. The maximum absolute atomic E-state index is 12.4. The number of benzene rings is 1. The molecule has 4 nitrogen and oxygen atoms in total. The van der Waals surface area contributed by atoms with E-state index in [-0.39, 0.29) is 0 Å². The number of hydrogen-bond acceptors (Lipinski definition) is 3. The van der Waals surface area contributed by atoms with Gasteiger partial charge in [-0.2, -0.15) is 5.10 Å². The highest BCUT2D eigenvalue weighted by molar-refractivity contribution is 7.84. The molecule has 1 aromatic heterocycles. The van der Waals surface area contributed by atoms with E-state index in [0.29, 0.717) is 27.4 Å². The summed E-state index contributed by atoms with van der Waals surface area (Å²) in [4.78, 5) is 0.569. The van der Waals surface area contributed by atoms with E-state index in [9.17, 15) is 4.21 Å². The maximum Gasteiger partial charge on any atom is 0.0753 e. The summed E-state index contributed by atoms with van der Waals surface area (Å²) in [6.07, 6.45) is 4.01. The highest BCUT2D eigenvalue weighted by atomic mass is 35.5. The Balaban J connectivity index is 2.15. The van der Waals surface area contributed by atoms with Gasteiger partial charge in [-0.15, -0.1) is 0 Å².